The van der Waals surface area contributed by atoms with Gasteiger partial charge in [-0.15, -0.1) is 0 Å². The number of carbonyl (C=O) groups excluding carboxylic acids is 1. The van der Waals surface area contributed by atoms with Gasteiger partial charge in [0.15, 0.2) is 0 Å². The van der Waals surface area contributed by atoms with E-state index in [-0.39, 0.29) is 17.4 Å². The molecule has 1 heterocycles. The van der Waals surface area contributed by atoms with Crippen LogP contribution in [0.3, 0.4) is 0 Å². The van der Waals surface area contributed by atoms with E-state index < -0.39 is 5.97 Å². The molecule has 19 heavy (non-hydrogen) atoms. The Labute approximate surface area is 112 Å². The number of aryl methyl sites for hydroxylation is 1. The van der Waals surface area contributed by atoms with Crippen molar-refractivity contribution in [3.63, 3.8) is 0 Å². The highest BCUT2D eigenvalue weighted by molar-refractivity contribution is 5.89. The van der Waals surface area contributed by atoms with Crippen LogP contribution in [0, 0.1) is 12.8 Å². The predicted molar refractivity (Wildman–Crippen MR) is 72.4 cm³/mol. The number of hydrogen-bond donors (Lipinski definition) is 2. The fourth-order valence-corrected chi connectivity index (χ4v) is 1.82. The number of hydrogen-bond acceptors (Lipinski definition) is 4. The summed E-state index contributed by atoms with van der Waals surface area (Å²) >= 11 is 0. The number of pyridine rings is 1. The van der Waals surface area contributed by atoms with Gasteiger partial charge in [-0.3, -0.25) is 4.79 Å². The first kappa shape index (κ1) is 14.9. The molecule has 0 radical (unpaired) electrons. The van der Waals surface area contributed by atoms with Crippen LogP contribution in [0.25, 0.3) is 0 Å². The summed E-state index contributed by atoms with van der Waals surface area (Å²) in [6, 6.07) is 3.17. The summed E-state index contributed by atoms with van der Waals surface area (Å²) in [7, 11) is 3.42. The van der Waals surface area contributed by atoms with Crippen LogP contribution >= 0.6 is 0 Å². The average Bonchev–Trinajstić information content (AvgIpc) is 2.36. The highest BCUT2D eigenvalue weighted by Gasteiger charge is 2.16. The Morgan fingerprint density at radius 3 is 2.58 bits per heavy atom. The molecule has 1 aromatic heterocycles. The number of carboxylic acid groups (broad SMARTS) is 1. The number of rotatable bonds is 5. The smallest absolute Gasteiger partial charge is 0.337 e. The van der Waals surface area contributed by atoms with Gasteiger partial charge < -0.3 is 15.3 Å². The van der Waals surface area contributed by atoms with Crippen LogP contribution in [0.5, 0.6) is 0 Å². The largest absolute Gasteiger partial charge is 0.478 e. The van der Waals surface area contributed by atoms with Gasteiger partial charge in [0.25, 0.3) is 0 Å². The topological polar surface area (TPSA) is 82.5 Å². The quantitative estimate of drug-likeness (QED) is 0.826. The highest BCUT2D eigenvalue weighted by Crippen LogP contribution is 2.15. The maximum Gasteiger partial charge on any atom is 0.337 e. The third-order valence-electron chi connectivity index (χ3n) is 2.93. The van der Waals surface area contributed by atoms with E-state index in [1.807, 2.05) is 18.9 Å². The molecular weight excluding hydrogens is 246 g/mol. The molecule has 104 valence electrons. The van der Waals surface area contributed by atoms with Crippen LogP contribution in [0.2, 0.25) is 0 Å². The van der Waals surface area contributed by atoms with Crippen LogP contribution in [0.4, 0.5) is 5.82 Å². The second-order valence-corrected chi connectivity index (χ2v) is 4.50. The summed E-state index contributed by atoms with van der Waals surface area (Å²) in [5, 5.41) is 11.5. The fraction of sp³-hybridized carbons (Fsp3) is 0.462. The number of carbonyl (C=O) groups is 2. The second kappa shape index (κ2) is 6.17. The minimum Gasteiger partial charge on any atom is -0.478 e. The number of aromatic nitrogens is 1. The minimum absolute atomic E-state index is 0.0364. The maximum atomic E-state index is 11.5. The molecule has 1 amide bonds. The van der Waals surface area contributed by atoms with E-state index in [2.05, 4.69) is 10.3 Å². The van der Waals surface area contributed by atoms with Crippen LogP contribution in [0.1, 0.15) is 23.0 Å². The lowest BCUT2D eigenvalue weighted by Crippen LogP contribution is -2.34. The van der Waals surface area contributed by atoms with Crippen molar-refractivity contribution in [1.29, 1.82) is 0 Å². The molecule has 0 saturated heterocycles. The Morgan fingerprint density at radius 1 is 1.47 bits per heavy atom. The van der Waals surface area contributed by atoms with Crippen molar-refractivity contribution in [2.24, 2.45) is 5.92 Å². The molecule has 0 aliphatic carbocycles. The van der Waals surface area contributed by atoms with Crippen molar-refractivity contribution in [3.05, 3.63) is 23.4 Å². The Bertz CT molecular complexity index is 488. The lowest BCUT2D eigenvalue weighted by Gasteiger charge is -2.22. The Balaban J connectivity index is 2.83. The van der Waals surface area contributed by atoms with E-state index in [1.165, 1.54) is 6.07 Å². The fourth-order valence-electron chi connectivity index (χ4n) is 1.82. The molecule has 6 nitrogen and oxygen atoms in total. The van der Waals surface area contributed by atoms with Gasteiger partial charge in [-0.25, -0.2) is 9.78 Å². The molecule has 1 rings (SSSR count). The third-order valence-corrected chi connectivity index (χ3v) is 2.93. The molecule has 0 aliphatic heterocycles. The molecule has 2 N–H and O–H groups in total. The number of nitrogens with one attached hydrogen (secondary N) is 1. The normalized spacial score (nSPS) is 11.8. The van der Waals surface area contributed by atoms with Gasteiger partial charge in [-0.1, -0.05) is 6.92 Å². The van der Waals surface area contributed by atoms with E-state index in [0.29, 0.717) is 18.1 Å². The monoisotopic (exact) mass is 265 g/mol. The molecular formula is C13H19N3O3. The molecule has 1 unspecified atom stereocenters. The zero-order valence-corrected chi connectivity index (χ0v) is 11.6. The van der Waals surface area contributed by atoms with Crippen molar-refractivity contribution < 1.29 is 14.7 Å². The van der Waals surface area contributed by atoms with Crippen LogP contribution in [0.15, 0.2) is 12.1 Å². The molecule has 0 aliphatic rings. The molecule has 0 saturated carbocycles. The summed E-state index contributed by atoms with van der Waals surface area (Å²) < 4.78 is 0. The number of aromatic carboxylic acids is 1. The molecule has 0 spiro atoms. The van der Waals surface area contributed by atoms with Crippen LogP contribution in [-0.4, -0.2) is 42.6 Å². The lowest BCUT2D eigenvalue weighted by molar-refractivity contribution is -0.123. The Hall–Kier alpha value is -2.11. The zero-order chi connectivity index (χ0) is 14.6. The number of amides is 1. The molecule has 1 aromatic rings. The van der Waals surface area contributed by atoms with Crippen molar-refractivity contribution in [1.82, 2.24) is 10.3 Å². The van der Waals surface area contributed by atoms with Gasteiger partial charge in [-0.05, 0) is 19.1 Å². The van der Waals surface area contributed by atoms with Crippen molar-refractivity contribution >= 4 is 17.7 Å². The van der Waals surface area contributed by atoms with Crippen molar-refractivity contribution in [2.75, 3.05) is 25.5 Å². The van der Waals surface area contributed by atoms with Crippen molar-refractivity contribution in [3.8, 4) is 0 Å². The minimum atomic E-state index is -0.988. The number of carboxylic acids is 1. The van der Waals surface area contributed by atoms with E-state index in [0.717, 1.165) is 0 Å². The highest BCUT2D eigenvalue weighted by atomic mass is 16.4. The molecule has 0 bridgehead atoms. The third kappa shape index (κ3) is 3.67. The predicted octanol–water partition coefficient (Wildman–Crippen LogP) is 0.907. The summed E-state index contributed by atoms with van der Waals surface area (Å²) in [5.74, 6) is -0.543. The Kier molecular flexibility index (Phi) is 4.86. The first-order chi connectivity index (χ1) is 8.86. The number of anilines is 1. The molecule has 6 heteroatoms. The van der Waals surface area contributed by atoms with Gasteiger partial charge in [0.05, 0.1) is 17.2 Å². The molecule has 1 atom stereocenters. The van der Waals surface area contributed by atoms with Crippen LogP contribution in [-0.2, 0) is 4.79 Å². The van der Waals surface area contributed by atoms with Gasteiger partial charge >= 0.3 is 5.97 Å². The van der Waals surface area contributed by atoms with E-state index in [4.69, 9.17) is 5.11 Å². The first-order valence-corrected chi connectivity index (χ1v) is 6.00. The molecule has 0 fully saturated rings. The maximum absolute atomic E-state index is 11.5. The van der Waals surface area contributed by atoms with Crippen molar-refractivity contribution in [2.45, 2.75) is 13.8 Å². The zero-order valence-electron chi connectivity index (χ0n) is 11.6. The van der Waals surface area contributed by atoms with Crippen LogP contribution < -0.4 is 10.2 Å². The van der Waals surface area contributed by atoms with Gasteiger partial charge in [0.2, 0.25) is 5.91 Å². The lowest BCUT2D eigenvalue weighted by atomic mass is 10.1. The summed E-state index contributed by atoms with van der Waals surface area (Å²) in [6.07, 6.45) is 0. The summed E-state index contributed by atoms with van der Waals surface area (Å²) in [5.41, 5.74) is 0.654. The Morgan fingerprint density at radius 2 is 2.11 bits per heavy atom. The average molecular weight is 265 g/mol. The summed E-state index contributed by atoms with van der Waals surface area (Å²) in [4.78, 5) is 28.4. The second-order valence-electron chi connectivity index (χ2n) is 4.50. The molecule has 0 aromatic carbocycles. The van der Waals surface area contributed by atoms with Gasteiger partial charge in [0, 0.05) is 20.6 Å². The van der Waals surface area contributed by atoms with Gasteiger partial charge in [0.1, 0.15) is 5.82 Å². The standard InChI is InChI=1S/C13H19N3O3/c1-8(12(17)14-3)7-16(4)11-6-5-10(13(18)19)9(2)15-11/h5-6,8H,7H2,1-4H3,(H,14,17)(H,18,19). The van der Waals surface area contributed by atoms with E-state index >= 15 is 0 Å². The van der Waals surface area contributed by atoms with E-state index in [1.54, 1.807) is 20.0 Å². The first-order valence-electron chi connectivity index (χ1n) is 6.00. The number of nitrogens with zero attached hydrogens (tertiary/aromatic N) is 2. The van der Waals surface area contributed by atoms with Gasteiger partial charge in [-0.2, -0.15) is 0 Å². The van der Waals surface area contributed by atoms with E-state index in [9.17, 15) is 9.59 Å². The summed E-state index contributed by atoms with van der Waals surface area (Å²) in [6.45, 7) is 4.00. The SMILES string of the molecule is CNC(=O)C(C)CN(C)c1ccc(C(=O)O)c(C)n1.